The second-order valence-electron chi connectivity index (χ2n) is 4.79. The van der Waals surface area contributed by atoms with Crippen LogP contribution in [0.25, 0.3) is 0 Å². The van der Waals surface area contributed by atoms with E-state index in [0.29, 0.717) is 11.3 Å². The minimum absolute atomic E-state index is 0.412. The highest BCUT2D eigenvalue weighted by molar-refractivity contribution is 8.07. The van der Waals surface area contributed by atoms with Crippen LogP contribution in [0.15, 0.2) is 0 Å². The van der Waals surface area contributed by atoms with Gasteiger partial charge in [-0.2, -0.15) is 23.5 Å². The first-order valence-corrected chi connectivity index (χ1v) is 8.23. The number of hydrogen-bond acceptors (Lipinski definition) is 3. The fourth-order valence-electron chi connectivity index (χ4n) is 2.03. The first-order valence-electron chi connectivity index (χ1n) is 6.14. The molecule has 1 heterocycles. The molecule has 0 bridgehead atoms. The quantitative estimate of drug-likeness (QED) is 0.806. The maximum absolute atomic E-state index is 6.33. The van der Waals surface area contributed by atoms with E-state index in [0.717, 1.165) is 11.2 Å². The molecule has 0 aromatic rings. The second-order valence-corrected chi connectivity index (χ2v) is 7.42. The van der Waals surface area contributed by atoms with Crippen molar-refractivity contribution in [3.63, 3.8) is 0 Å². The zero-order chi connectivity index (χ0) is 11.3. The van der Waals surface area contributed by atoms with Gasteiger partial charge in [-0.3, -0.25) is 0 Å². The molecule has 1 saturated heterocycles. The van der Waals surface area contributed by atoms with Crippen LogP contribution in [0, 0.1) is 5.92 Å². The minimum Gasteiger partial charge on any atom is -0.327 e. The van der Waals surface area contributed by atoms with E-state index < -0.39 is 0 Å². The average Bonchev–Trinajstić information content (AvgIpc) is 2.25. The number of rotatable bonds is 5. The molecule has 0 aromatic carbocycles. The van der Waals surface area contributed by atoms with Crippen LogP contribution in [-0.4, -0.2) is 28.0 Å². The third-order valence-corrected chi connectivity index (χ3v) is 6.42. The highest BCUT2D eigenvalue weighted by atomic mass is 32.2. The summed E-state index contributed by atoms with van der Waals surface area (Å²) in [6.07, 6.45) is 3.75. The van der Waals surface area contributed by atoms with Crippen LogP contribution in [0.2, 0.25) is 0 Å². The van der Waals surface area contributed by atoms with Gasteiger partial charge in [0.05, 0.1) is 0 Å². The Morgan fingerprint density at radius 3 is 2.47 bits per heavy atom. The van der Waals surface area contributed by atoms with E-state index in [9.17, 15) is 0 Å². The monoisotopic (exact) mass is 247 g/mol. The van der Waals surface area contributed by atoms with Gasteiger partial charge in [0.25, 0.3) is 0 Å². The lowest BCUT2D eigenvalue weighted by Crippen LogP contribution is -2.41. The van der Waals surface area contributed by atoms with Crippen molar-refractivity contribution in [2.24, 2.45) is 11.7 Å². The summed E-state index contributed by atoms with van der Waals surface area (Å²) in [4.78, 5) is 0. The van der Waals surface area contributed by atoms with E-state index in [4.69, 9.17) is 5.73 Å². The van der Waals surface area contributed by atoms with Gasteiger partial charge in [-0.15, -0.1) is 0 Å². The Labute approximate surface area is 103 Å². The summed E-state index contributed by atoms with van der Waals surface area (Å²) >= 11 is 4.24. The molecule has 3 unspecified atom stereocenters. The van der Waals surface area contributed by atoms with Crippen molar-refractivity contribution in [1.29, 1.82) is 0 Å². The van der Waals surface area contributed by atoms with Crippen LogP contribution in [0.5, 0.6) is 0 Å². The van der Waals surface area contributed by atoms with Crippen molar-refractivity contribution in [1.82, 2.24) is 0 Å². The molecular weight excluding hydrogens is 222 g/mol. The van der Waals surface area contributed by atoms with Crippen LogP contribution in [0.3, 0.4) is 0 Å². The molecule has 1 fully saturated rings. The molecule has 3 heteroatoms. The minimum atomic E-state index is 0.412. The fraction of sp³-hybridized carbons (Fsp3) is 1.00. The normalized spacial score (nSPS) is 29.4. The molecule has 0 spiro atoms. The Morgan fingerprint density at radius 1 is 1.20 bits per heavy atom. The molecule has 90 valence electrons. The summed E-state index contributed by atoms with van der Waals surface area (Å²) < 4.78 is 0. The van der Waals surface area contributed by atoms with E-state index >= 15 is 0 Å². The van der Waals surface area contributed by atoms with Crippen LogP contribution in [0.1, 0.15) is 40.0 Å². The molecule has 3 atom stereocenters. The molecular formula is C12H25NS2. The maximum Gasteiger partial charge on any atom is 0.0317 e. The van der Waals surface area contributed by atoms with Gasteiger partial charge in [0, 0.05) is 28.0 Å². The Hall–Kier alpha value is 0.660. The molecule has 1 rings (SSSR count). The molecule has 0 saturated carbocycles. The molecule has 2 N–H and O–H groups in total. The summed E-state index contributed by atoms with van der Waals surface area (Å²) in [7, 11) is 0. The van der Waals surface area contributed by atoms with E-state index in [-0.39, 0.29) is 0 Å². The van der Waals surface area contributed by atoms with Gasteiger partial charge in [0.2, 0.25) is 0 Å². The molecule has 0 aliphatic carbocycles. The smallest absolute Gasteiger partial charge is 0.0317 e. The van der Waals surface area contributed by atoms with Crippen molar-refractivity contribution in [3.05, 3.63) is 0 Å². The number of nitrogens with two attached hydrogens (primary N) is 1. The first-order chi connectivity index (χ1) is 7.15. The van der Waals surface area contributed by atoms with Gasteiger partial charge < -0.3 is 5.73 Å². The predicted molar refractivity (Wildman–Crippen MR) is 74.8 cm³/mol. The summed E-state index contributed by atoms with van der Waals surface area (Å²) in [5.41, 5.74) is 6.33. The molecule has 1 nitrogen and oxygen atoms in total. The molecule has 0 aromatic heterocycles. The summed E-state index contributed by atoms with van der Waals surface area (Å²) in [5.74, 6) is 3.40. The summed E-state index contributed by atoms with van der Waals surface area (Å²) in [6.45, 7) is 6.87. The average molecular weight is 247 g/mol. The van der Waals surface area contributed by atoms with Crippen molar-refractivity contribution < 1.29 is 0 Å². The Bertz CT molecular complexity index is 173. The van der Waals surface area contributed by atoms with Crippen LogP contribution in [-0.2, 0) is 0 Å². The summed E-state index contributed by atoms with van der Waals surface area (Å²) in [5, 5.41) is 1.50. The van der Waals surface area contributed by atoms with E-state index in [2.05, 4.69) is 44.3 Å². The number of hydrogen-bond donors (Lipinski definition) is 1. The largest absolute Gasteiger partial charge is 0.327 e. The first kappa shape index (κ1) is 13.7. The van der Waals surface area contributed by atoms with Crippen molar-refractivity contribution >= 4 is 23.5 Å². The lowest BCUT2D eigenvalue weighted by atomic mass is 9.99. The molecule has 15 heavy (non-hydrogen) atoms. The zero-order valence-electron chi connectivity index (χ0n) is 10.2. The summed E-state index contributed by atoms with van der Waals surface area (Å²) in [6, 6.07) is 0.412. The predicted octanol–water partition coefficient (Wildman–Crippen LogP) is 3.38. The van der Waals surface area contributed by atoms with Gasteiger partial charge in [0.1, 0.15) is 0 Å². The van der Waals surface area contributed by atoms with Crippen LogP contribution >= 0.6 is 23.5 Å². The maximum atomic E-state index is 6.33. The Kier molecular flexibility index (Phi) is 6.48. The SMILES string of the molecule is CCC1SCCSC1C(N)CCC(C)C. The highest BCUT2D eigenvalue weighted by Crippen LogP contribution is 2.35. The van der Waals surface area contributed by atoms with Gasteiger partial charge >= 0.3 is 0 Å². The van der Waals surface area contributed by atoms with Crippen molar-refractivity contribution in [3.8, 4) is 0 Å². The molecule has 0 amide bonds. The van der Waals surface area contributed by atoms with E-state index in [1.165, 1.54) is 30.8 Å². The number of thioether (sulfide) groups is 2. The third-order valence-electron chi connectivity index (χ3n) is 2.99. The van der Waals surface area contributed by atoms with E-state index in [1.54, 1.807) is 0 Å². The molecule has 0 radical (unpaired) electrons. The molecule has 1 aliphatic heterocycles. The van der Waals surface area contributed by atoms with Gasteiger partial charge in [-0.05, 0) is 25.2 Å². The van der Waals surface area contributed by atoms with Gasteiger partial charge in [-0.25, -0.2) is 0 Å². The van der Waals surface area contributed by atoms with Crippen molar-refractivity contribution in [2.45, 2.75) is 56.6 Å². The Morgan fingerprint density at radius 2 is 1.87 bits per heavy atom. The van der Waals surface area contributed by atoms with Gasteiger partial charge in [0.15, 0.2) is 0 Å². The van der Waals surface area contributed by atoms with Crippen LogP contribution < -0.4 is 5.73 Å². The van der Waals surface area contributed by atoms with Crippen LogP contribution in [0.4, 0.5) is 0 Å². The highest BCUT2D eigenvalue weighted by Gasteiger charge is 2.29. The second kappa shape index (κ2) is 7.08. The topological polar surface area (TPSA) is 26.0 Å². The van der Waals surface area contributed by atoms with E-state index in [1.807, 2.05) is 0 Å². The van der Waals surface area contributed by atoms with Gasteiger partial charge in [-0.1, -0.05) is 20.8 Å². The zero-order valence-corrected chi connectivity index (χ0v) is 11.9. The lowest BCUT2D eigenvalue weighted by Gasteiger charge is -2.34. The third kappa shape index (κ3) is 4.58. The molecule has 1 aliphatic rings. The fourth-order valence-corrected chi connectivity index (χ4v) is 5.26. The van der Waals surface area contributed by atoms with Crippen molar-refractivity contribution in [2.75, 3.05) is 11.5 Å². The Balaban J connectivity index is 2.37. The standard InChI is InChI=1S/C12H25NS2/c1-4-11-12(15-8-7-14-11)10(13)6-5-9(2)3/h9-12H,4-8,13H2,1-3H3. The lowest BCUT2D eigenvalue weighted by molar-refractivity contribution is 0.478.